The third kappa shape index (κ3) is 6.56. The minimum Gasteiger partial charge on any atom is -0.448 e. The highest BCUT2D eigenvalue weighted by molar-refractivity contribution is 8.08. The van der Waals surface area contributed by atoms with Gasteiger partial charge in [0.2, 0.25) is 0 Å². The van der Waals surface area contributed by atoms with E-state index in [1.54, 1.807) is 17.8 Å². The van der Waals surface area contributed by atoms with Crippen LogP contribution in [0.4, 0.5) is 5.13 Å². The fourth-order valence-corrected chi connectivity index (χ4v) is 7.77. The van der Waals surface area contributed by atoms with Gasteiger partial charge >= 0.3 is 5.97 Å². The van der Waals surface area contributed by atoms with Crippen molar-refractivity contribution in [3.63, 3.8) is 0 Å². The first-order valence-corrected chi connectivity index (χ1v) is 16.7. The molecule has 234 valence electrons. The largest absolute Gasteiger partial charge is 0.448 e. The van der Waals surface area contributed by atoms with Crippen LogP contribution in [0.5, 0.6) is 0 Å². The number of rotatable bonds is 11. The van der Waals surface area contributed by atoms with Crippen LogP contribution in [0.3, 0.4) is 0 Å². The number of benzene rings is 2. The molecular weight excluding hydrogens is 647 g/mol. The molecule has 2 aromatic carbocycles. The lowest BCUT2D eigenvalue weighted by molar-refractivity contribution is -0.154. The third-order valence-corrected chi connectivity index (χ3v) is 10.0. The van der Waals surface area contributed by atoms with Gasteiger partial charge < -0.3 is 20.6 Å². The van der Waals surface area contributed by atoms with Crippen LogP contribution in [0.25, 0.3) is 6.08 Å². The number of carbonyl (C=O) groups is 3. The highest BCUT2D eigenvalue weighted by Gasteiger charge is 2.55. The second-order valence-corrected chi connectivity index (χ2v) is 12.9. The Bertz CT molecular complexity index is 1770. The first kappa shape index (κ1) is 31.1. The Morgan fingerprint density at radius 3 is 2.50 bits per heavy atom. The number of thiazole rings is 1. The molecule has 0 aliphatic carbocycles. The number of aromatic nitrogens is 3. The van der Waals surface area contributed by atoms with Crippen LogP contribution in [0.15, 0.2) is 99.6 Å². The van der Waals surface area contributed by atoms with Gasteiger partial charge in [-0.3, -0.25) is 19.6 Å². The number of fused-ring (bicyclic) bond motifs is 1. The maximum atomic E-state index is 14.1. The van der Waals surface area contributed by atoms with E-state index in [1.807, 2.05) is 72.1 Å². The highest BCUT2D eigenvalue weighted by atomic mass is 32.2. The Labute approximate surface area is 276 Å². The van der Waals surface area contributed by atoms with Crippen molar-refractivity contribution in [3.05, 3.63) is 117 Å². The molecule has 0 radical (unpaired) electrons. The van der Waals surface area contributed by atoms with Crippen molar-refractivity contribution in [1.29, 1.82) is 0 Å². The van der Waals surface area contributed by atoms with E-state index in [1.165, 1.54) is 35.5 Å². The number of nitrogens with one attached hydrogen (secondary N) is 2. The third-order valence-electron chi connectivity index (χ3n) is 7.00. The zero-order valence-electron chi connectivity index (χ0n) is 24.2. The summed E-state index contributed by atoms with van der Waals surface area (Å²) in [7, 11) is 1.30. The lowest BCUT2D eigenvalue weighted by Crippen LogP contribution is -2.71. The van der Waals surface area contributed by atoms with Gasteiger partial charge in [0.05, 0.1) is 6.20 Å². The molecule has 46 heavy (non-hydrogen) atoms. The molecule has 1 fully saturated rings. The summed E-state index contributed by atoms with van der Waals surface area (Å²) in [4.78, 5) is 52.1. The number of ether oxygens (including phenoxy) is 1. The van der Waals surface area contributed by atoms with Crippen molar-refractivity contribution in [2.45, 2.75) is 17.5 Å². The standard InChI is InChI=1S/C31H27N7O5S3/c1-42-37-23(21-16-46-31(32)35-21)27(39)36-24-28(40)38-25(22(17-45-29(24)38)44-13-12-18-14-33-34-15-18)30(41)43-26(19-8-4-2-5-9-19)20-10-6-3-7-11-20/h2-16,24,26,29H,17H2,1H3,(H2,32,35)(H,33,34)(H,36,39)/b13-12+,37-23-/t24-,29-/m1/s1. The topological polar surface area (TPSA) is 165 Å². The van der Waals surface area contributed by atoms with Crippen molar-refractivity contribution in [2.24, 2.45) is 5.16 Å². The summed E-state index contributed by atoms with van der Waals surface area (Å²) in [5.41, 5.74) is 8.40. The number of thioether (sulfide) groups is 2. The summed E-state index contributed by atoms with van der Waals surface area (Å²) >= 11 is 3.89. The smallest absolute Gasteiger partial charge is 0.356 e. The van der Waals surface area contributed by atoms with E-state index < -0.39 is 35.3 Å². The minimum atomic E-state index is -0.926. The van der Waals surface area contributed by atoms with Gasteiger partial charge in [-0.2, -0.15) is 5.10 Å². The number of amides is 2. The maximum absolute atomic E-state index is 14.1. The highest BCUT2D eigenvalue weighted by Crippen LogP contribution is 2.45. The first-order valence-electron chi connectivity index (χ1n) is 13.9. The number of nitrogen functional groups attached to an aromatic ring is 1. The summed E-state index contributed by atoms with van der Waals surface area (Å²) in [5, 5.41) is 16.4. The van der Waals surface area contributed by atoms with Gasteiger partial charge in [-0.25, -0.2) is 9.78 Å². The van der Waals surface area contributed by atoms with E-state index in [0.29, 0.717) is 10.7 Å². The predicted octanol–water partition coefficient (Wildman–Crippen LogP) is 4.15. The van der Waals surface area contributed by atoms with Gasteiger partial charge in [-0.15, -0.1) is 23.1 Å². The molecule has 0 bridgehead atoms. The monoisotopic (exact) mass is 673 g/mol. The van der Waals surface area contributed by atoms with E-state index in [0.717, 1.165) is 28.0 Å². The van der Waals surface area contributed by atoms with Crippen LogP contribution in [0, 0.1) is 0 Å². The second kappa shape index (κ2) is 14.1. The van der Waals surface area contributed by atoms with Crippen molar-refractivity contribution < 1.29 is 24.0 Å². The molecule has 4 heterocycles. The zero-order valence-corrected chi connectivity index (χ0v) is 26.7. The first-order chi connectivity index (χ1) is 22.4. The van der Waals surface area contributed by atoms with Crippen molar-refractivity contribution >= 4 is 69.6 Å². The Hall–Kier alpha value is -4.86. The van der Waals surface area contributed by atoms with Crippen LogP contribution >= 0.6 is 34.9 Å². The van der Waals surface area contributed by atoms with Crippen LogP contribution in [-0.2, 0) is 24.0 Å². The fourth-order valence-electron chi connectivity index (χ4n) is 4.87. The van der Waals surface area contributed by atoms with Crippen molar-refractivity contribution in [2.75, 3.05) is 18.6 Å². The number of β-lactam (4-membered cyclic amide) rings is 1. The second-order valence-electron chi connectivity index (χ2n) is 9.89. The molecule has 2 aromatic heterocycles. The number of nitrogens with zero attached hydrogens (tertiary/aromatic N) is 4. The van der Waals surface area contributed by atoms with Crippen molar-refractivity contribution in [3.8, 4) is 0 Å². The number of hydrogen-bond donors (Lipinski definition) is 3. The lowest BCUT2D eigenvalue weighted by atomic mass is 10.0. The average molecular weight is 674 g/mol. The van der Waals surface area contributed by atoms with E-state index in [9.17, 15) is 14.4 Å². The molecule has 2 aliphatic rings. The van der Waals surface area contributed by atoms with E-state index in [4.69, 9.17) is 15.3 Å². The summed E-state index contributed by atoms with van der Waals surface area (Å²) in [6.45, 7) is 0. The van der Waals surface area contributed by atoms with Gasteiger partial charge in [-0.05, 0) is 22.6 Å². The van der Waals surface area contributed by atoms with Crippen LogP contribution in [0.1, 0.15) is 28.5 Å². The molecule has 0 spiro atoms. The van der Waals surface area contributed by atoms with Crippen molar-refractivity contribution in [1.82, 2.24) is 25.4 Å². The molecular formula is C31H27N7O5S3. The van der Waals surface area contributed by atoms with Crippen LogP contribution < -0.4 is 11.1 Å². The number of carbonyl (C=O) groups excluding carboxylic acids is 3. The Morgan fingerprint density at radius 1 is 1.17 bits per heavy atom. The minimum absolute atomic E-state index is 0.119. The van der Waals surface area contributed by atoms with E-state index in [-0.39, 0.29) is 22.2 Å². The molecule has 0 saturated carbocycles. The molecule has 4 N–H and O–H groups in total. The average Bonchev–Trinajstić information content (AvgIpc) is 3.77. The predicted molar refractivity (Wildman–Crippen MR) is 178 cm³/mol. The van der Waals surface area contributed by atoms with Crippen LogP contribution in [-0.4, -0.2) is 67.9 Å². The number of aromatic amines is 1. The molecule has 4 aromatic rings. The Balaban J connectivity index is 1.28. The number of H-pyrrole nitrogens is 1. The quantitative estimate of drug-likeness (QED) is 0.0912. The summed E-state index contributed by atoms with van der Waals surface area (Å²) in [6, 6.07) is 17.9. The SMILES string of the molecule is CO/N=C(\C(=O)N[C@@H]1C(=O)N2C(C(=O)OC(c3ccccc3)c3ccccc3)=C(S/C=C/c3cn[nH]c3)CS[C@H]12)c1csc(N)n1. The van der Waals surface area contributed by atoms with E-state index in [2.05, 4.69) is 25.7 Å². The normalized spacial score (nSPS) is 18.0. The molecule has 6 rings (SSSR count). The van der Waals surface area contributed by atoms with Gasteiger partial charge in [-0.1, -0.05) is 77.6 Å². The molecule has 2 aliphatic heterocycles. The maximum Gasteiger partial charge on any atom is 0.356 e. The summed E-state index contributed by atoms with van der Waals surface area (Å²) in [6.07, 6.45) is 4.54. The van der Waals surface area contributed by atoms with E-state index >= 15 is 0 Å². The molecule has 2 amide bonds. The Kier molecular flexibility index (Phi) is 9.51. The van der Waals surface area contributed by atoms with Crippen LogP contribution in [0.2, 0.25) is 0 Å². The molecule has 15 heteroatoms. The molecule has 12 nitrogen and oxygen atoms in total. The Morgan fingerprint density at radius 2 is 1.89 bits per heavy atom. The molecule has 2 atom stereocenters. The number of anilines is 1. The van der Waals surface area contributed by atoms with Gasteiger partial charge in [0.1, 0.15) is 29.9 Å². The van der Waals surface area contributed by atoms with Gasteiger partial charge in [0, 0.05) is 27.8 Å². The lowest BCUT2D eigenvalue weighted by Gasteiger charge is -2.49. The molecule has 1 saturated heterocycles. The molecule has 0 unspecified atom stereocenters. The number of oxime groups is 1. The van der Waals surface area contributed by atoms with Gasteiger partial charge in [0.15, 0.2) is 16.9 Å². The number of nitrogens with two attached hydrogens (primary N) is 1. The number of hydrogen-bond acceptors (Lipinski definition) is 12. The number of esters is 1. The fraction of sp³-hybridized carbons (Fsp3) is 0.161. The zero-order chi connectivity index (χ0) is 32.0. The summed E-state index contributed by atoms with van der Waals surface area (Å²) < 4.78 is 6.20. The van der Waals surface area contributed by atoms with Gasteiger partial charge in [0.25, 0.3) is 11.8 Å². The summed E-state index contributed by atoms with van der Waals surface area (Å²) in [5.74, 6) is -1.37.